The Hall–Kier alpha value is -3.54. The predicted molar refractivity (Wildman–Crippen MR) is 155 cm³/mol. The summed E-state index contributed by atoms with van der Waals surface area (Å²) in [4.78, 5) is 58.4. The van der Waals surface area contributed by atoms with E-state index in [1.165, 1.54) is 12.0 Å². The van der Waals surface area contributed by atoms with E-state index >= 15 is 0 Å². The van der Waals surface area contributed by atoms with Gasteiger partial charge in [-0.05, 0) is 18.4 Å². The van der Waals surface area contributed by atoms with Gasteiger partial charge in [0.2, 0.25) is 17.7 Å². The van der Waals surface area contributed by atoms with Crippen LogP contribution in [0.15, 0.2) is 54.6 Å². The maximum atomic E-state index is 14.3. The summed E-state index contributed by atoms with van der Waals surface area (Å²) in [6.45, 7) is 2.59. The maximum Gasteiger partial charge on any atom is 0.313 e. The number of benzene rings is 1. The van der Waals surface area contributed by atoms with Crippen LogP contribution in [0, 0.1) is 11.8 Å². The van der Waals surface area contributed by atoms with Gasteiger partial charge in [0.25, 0.3) is 0 Å². The first kappa shape index (κ1) is 30.9. The van der Waals surface area contributed by atoms with Crippen LogP contribution in [0.5, 0.6) is 0 Å². The van der Waals surface area contributed by atoms with Gasteiger partial charge in [-0.1, -0.05) is 68.0 Å². The Morgan fingerprint density at radius 2 is 1.88 bits per heavy atom. The lowest BCUT2D eigenvalue weighted by atomic mass is 9.77. The number of ether oxygens (including phenoxy) is 3. The van der Waals surface area contributed by atoms with Crippen molar-refractivity contribution in [2.45, 2.75) is 62.5 Å². The van der Waals surface area contributed by atoms with Crippen LogP contribution in [0.3, 0.4) is 0 Å². The number of β-amino-alcohol motifs (C(OH)–C–C–N with tert-alkyl or cyclic N) is 1. The number of methoxy groups -OCH3 is 1. The highest BCUT2D eigenvalue weighted by atomic mass is 16.6. The number of allylic oxidation sites excluding steroid dienone is 1. The number of nitrogens with one attached hydrogen (secondary N) is 1. The molecule has 11 heteroatoms. The number of likely N-dealkylation sites (tertiary alicyclic amines) is 1. The van der Waals surface area contributed by atoms with Crippen molar-refractivity contribution in [2.24, 2.45) is 11.8 Å². The molecule has 0 saturated carbocycles. The largest absolute Gasteiger partial charge is 0.455 e. The van der Waals surface area contributed by atoms with E-state index in [9.17, 15) is 24.3 Å². The molecule has 232 valence electrons. The van der Waals surface area contributed by atoms with E-state index in [1.807, 2.05) is 31.2 Å². The van der Waals surface area contributed by atoms with E-state index in [-0.39, 0.29) is 38.0 Å². The number of esters is 1. The summed E-state index contributed by atoms with van der Waals surface area (Å²) >= 11 is 0. The molecule has 1 aromatic carbocycles. The molecule has 1 spiro atoms. The fourth-order valence-electron chi connectivity index (χ4n) is 6.83. The fourth-order valence-corrected chi connectivity index (χ4v) is 6.83. The Bertz CT molecular complexity index is 1250. The molecule has 11 nitrogen and oxygen atoms in total. The Morgan fingerprint density at radius 1 is 1.09 bits per heavy atom. The van der Waals surface area contributed by atoms with Crippen LogP contribution in [-0.4, -0.2) is 102 Å². The molecule has 1 aromatic rings. The zero-order valence-corrected chi connectivity index (χ0v) is 24.7. The number of aliphatic hydroxyl groups is 1. The molecule has 4 heterocycles. The van der Waals surface area contributed by atoms with Gasteiger partial charge in [-0.25, -0.2) is 0 Å². The van der Waals surface area contributed by atoms with Gasteiger partial charge in [0.1, 0.15) is 23.7 Å². The van der Waals surface area contributed by atoms with E-state index < -0.39 is 53.6 Å². The molecule has 0 unspecified atom stereocenters. The van der Waals surface area contributed by atoms with Gasteiger partial charge in [0.05, 0.1) is 31.3 Å². The van der Waals surface area contributed by atoms with Crippen molar-refractivity contribution in [3.8, 4) is 0 Å². The smallest absolute Gasteiger partial charge is 0.313 e. The number of cyclic esters (lactones) is 1. The van der Waals surface area contributed by atoms with Crippen molar-refractivity contribution in [3.63, 3.8) is 0 Å². The quantitative estimate of drug-likeness (QED) is 0.341. The number of aliphatic hydroxyl groups excluding tert-OH is 1. The second kappa shape index (κ2) is 13.4. The standard InChI is InChI=1S/C32H41N3O8/c1-3-4-16-34-17-10-15-32-26(29(38)35(18-19-36)28(32)30(34)39)25-23(43-32)13-8-9-14-24(37)33-22(20-41-2)27(42-31(25)40)21-11-6-5-7-12-21/h5-8,10-13,15,22-23,25-28,36H,3-4,9,14,16-20H2,1-2H3,(H,33,37)/b13-8-/t22-,23-,25+,26+,27-,28-,32+/m0/s1. The highest BCUT2D eigenvalue weighted by molar-refractivity contribution is 5.99. The van der Waals surface area contributed by atoms with Gasteiger partial charge < -0.3 is 34.4 Å². The van der Waals surface area contributed by atoms with Crippen LogP contribution in [0.1, 0.15) is 44.3 Å². The average molecular weight is 596 g/mol. The van der Waals surface area contributed by atoms with Crippen LogP contribution >= 0.6 is 0 Å². The number of fused-ring (bicyclic) bond motifs is 2. The summed E-state index contributed by atoms with van der Waals surface area (Å²) in [6.07, 6.45) is 7.56. The molecule has 4 aliphatic rings. The van der Waals surface area contributed by atoms with Crippen LogP contribution < -0.4 is 5.32 Å². The number of hydrogen-bond acceptors (Lipinski definition) is 8. The number of unbranched alkanes of at least 4 members (excludes halogenated alkanes) is 1. The van der Waals surface area contributed by atoms with Crippen LogP contribution in [0.2, 0.25) is 0 Å². The minimum atomic E-state index is -1.43. The maximum absolute atomic E-state index is 14.3. The summed E-state index contributed by atoms with van der Waals surface area (Å²) in [5.41, 5.74) is -0.768. The number of nitrogens with zero attached hydrogens (tertiary/aromatic N) is 2. The zero-order chi connectivity index (χ0) is 30.6. The lowest BCUT2D eigenvalue weighted by Gasteiger charge is -2.35. The number of carbonyl (C=O) groups is 4. The first-order valence-electron chi connectivity index (χ1n) is 15.1. The molecule has 0 bridgehead atoms. The molecular weight excluding hydrogens is 554 g/mol. The summed E-state index contributed by atoms with van der Waals surface area (Å²) in [6, 6.07) is 7.35. The molecule has 2 saturated heterocycles. The molecule has 0 aromatic heterocycles. The SMILES string of the molecule is CCCCN1CC=C[C@@]23O[C@H]4/C=C\CCC(=O)N[C@@H](COC)[C@H](c5ccccc5)OC(=O)[C@H]4[C@@H]2C(=O)N(CCO)[C@H]3C1=O. The van der Waals surface area contributed by atoms with Crippen molar-refractivity contribution >= 4 is 23.7 Å². The van der Waals surface area contributed by atoms with Gasteiger partial charge in [0, 0.05) is 33.2 Å². The number of carbonyl (C=O) groups excluding carboxylic acids is 4. The Kier molecular flexibility index (Phi) is 9.63. The van der Waals surface area contributed by atoms with E-state index in [0.29, 0.717) is 25.1 Å². The van der Waals surface area contributed by atoms with E-state index in [1.54, 1.807) is 35.3 Å². The summed E-state index contributed by atoms with van der Waals surface area (Å²) < 4.78 is 18.3. The highest BCUT2D eigenvalue weighted by Crippen LogP contribution is 2.53. The highest BCUT2D eigenvalue weighted by Gasteiger charge is 2.71. The van der Waals surface area contributed by atoms with Crippen molar-refractivity contribution in [2.75, 3.05) is 40.0 Å². The molecule has 2 fully saturated rings. The molecule has 7 atom stereocenters. The van der Waals surface area contributed by atoms with Crippen LogP contribution in [0.4, 0.5) is 0 Å². The molecule has 5 rings (SSSR count). The topological polar surface area (TPSA) is 135 Å². The summed E-state index contributed by atoms with van der Waals surface area (Å²) in [5, 5.41) is 12.8. The van der Waals surface area contributed by atoms with Gasteiger partial charge in [-0.2, -0.15) is 0 Å². The zero-order valence-electron chi connectivity index (χ0n) is 24.7. The van der Waals surface area contributed by atoms with Crippen molar-refractivity contribution in [1.82, 2.24) is 15.1 Å². The summed E-state index contributed by atoms with van der Waals surface area (Å²) in [7, 11) is 1.51. The van der Waals surface area contributed by atoms with Gasteiger partial charge >= 0.3 is 5.97 Å². The molecule has 0 radical (unpaired) electrons. The number of hydrogen-bond donors (Lipinski definition) is 2. The van der Waals surface area contributed by atoms with Crippen molar-refractivity contribution < 1.29 is 38.5 Å². The van der Waals surface area contributed by atoms with Crippen molar-refractivity contribution in [1.29, 1.82) is 0 Å². The number of amides is 3. The minimum absolute atomic E-state index is 0.0663. The Balaban J connectivity index is 1.58. The van der Waals surface area contributed by atoms with E-state index in [4.69, 9.17) is 14.2 Å². The third-order valence-electron chi connectivity index (χ3n) is 8.77. The first-order valence-corrected chi connectivity index (χ1v) is 15.1. The molecule has 3 amide bonds. The third-order valence-corrected chi connectivity index (χ3v) is 8.77. The van der Waals surface area contributed by atoms with Gasteiger partial charge in [-0.15, -0.1) is 0 Å². The third kappa shape index (κ3) is 5.85. The first-order chi connectivity index (χ1) is 20.9. The lowest BCUT2D eigenvalue weighted by molar-refractivity contribution is -0.162. The van der Waals surface area contributed by atoms with Gasteiger partial charge in [0.15, 0.2) is 0 Å². The second-order valence-electron chi connectivity index (χ2n) is 11.5. The van der Waals surface area contributed by atoms with E-state index in [0.717, 1.165) is 12.8 Å². The van der Waals surface area contributed by atoms with E-state index in [2.05, 4.69) is 5.32 Å². The minimum Gasteiger partial charge on any atom is -0.455 e. The fraction of sp³-hybridized carbons (Fsp3) is 0.562. The summed E-state index contributed by atoms with van der Waals surface area (Å²) in [5.74, 6) is -3.71. The van der Waals surface area contributed by atoms with Crippen molar-refractivity contribution in [3.05, 3.63) is 60.2 Å². The number of rotatable bonds is 8. The predicted octanol–water partition coefficient (Wildman–Crippen LogP) is 1.52. The Labute approximate surface area is 251 Å². The molecular formula is C32H41N3O8. The second-order valence-corrected chi connectivity index (χ2v) is 11.5. The van der Waals surface area contributed by atoms with Gasteiger partial charge in [-0.3, -0.25) is 19.2 Å². The Morgan fingerprint density at radius 3 is 2.60 bits per heavy atom. The molecule has 4 aliphatic heterocycles. The normalized spacial score (nSPS) is 33.5. The molecule has 2 N–H and O–H groups in total. The molecule has 43 heavy (non-hydrogen) atoms. The molecule has 0 aliphatic carbocycles. The van der Waals surface area contributed by atoms with Crippen LogP contribution in [-0.2, 0) is 33.4 Å². The van der Waals surface area contributed by atoms with Crippen LogP contribution in [0.25, 0.3) is 0 Å². The lowest BCUT2D eigenvalue weighted by Crippen LogP contribution is -2.55. The average Bonchev–Trinajstić information content (AvgIpc) is 3.38. The monoisotopic (exact) mass is 595 g/mol.